The number of fused-ring (bicyclic) bond motifs is 1. The summed E-state index contributed by atoms with van der Waals surface area (Å²) in [7, 11) is 0. The number of ketones is 1. The first-order chi connectivity index (χ1) is 9.99. The molecule has 0 spiro atoms. The van der Waals surface area contributed by atoms with Crippen LogP contribution in [0, 0.1) is 0 Å². The number of anilines is 1. The highest BCUT2D eigenvalue weighted by molar-refractivity contribution is 9.10. The fourth-order valence-corrected chi connectivity index (χ4v) is 3.95. The Hall–Kier alpha value is -1.21. The van der Waals surface area contributed by atoms with Crippen LogP contribution in [-0.4, -0.2) is 29.1 Å². The molecule has 5 nitrogen and oxygen atoms in total. The van der Waals surface area contributed by atoms with Gasteiger partial charge in [-0.25, -0.2) is 4.79 Å². The second-order valence-corrected chi connectivity index (χ2v) is 6.73. The molecule has 1 aromatic heterocycles. The van der Waals surface area contributed by atoms with Gasteiger partial charge in [0, 0.05) is 6.42 Å². The number of thiophene rings is 1. The molecule has 0 fully saturated rings. The van der Waals surface area contributed by atoms with Crippen molar-refractivity contribution in [1.29, 1.82) is 0 Å². The van der Waals surface area contributed by atoms with Crippen LogP contribution >= 0.6 is 27.3 Å². The van der Waals surface area contributed by atoms with Crippen LogP contribution in [-0.2, 0) is 16.0 Å². The summed E-state index contributed by atoms with van der Waals surface area (Å²) in [4.78, 5) is 36.6. The van der Waals surface area contributed by atoms with E-state index in [0.29, 0.717) is 34.7 Å². The van der Waals surface area contributed by atoms with E-state index in [1.165, 1.54) is 0 Å². The SMILES string of the molecule is CCOC(=O)c1sc2c(c1NC(=O)CC)CC[C@@H](Br)C2=O. The summed E-state index contributed by atoms with van der Waals surface area (Å²) in [6.07, 6.45) is 1.61. The lowest BCUT2D eigenvalue weighted by Gasteiger charge is -2.16. The number of amides is 1. The van der Waals surface area contributed by atoms with E-state index in [0.717, 1.165) is 16.9 Å². The molecule has 1 heterocycles. The van der Waals surface area contributed by atoms with Gasteiger partial charge in [0.25, 0.3) is 0 Å². The maximum atomic E-state index is 12.2. The van der Waals surface area contributed by atoms with E-state index in [1.54, 1.807) is 13.8 Å². The van der Waals surface area contributed by atoms with E-state index < -0.39 is 5.97 Å². The second-order valence-electron chi connectivity index (χ2n) is 4.61. The van der Waals surface area contributed by atoms with Crippen LogP contribution in [0.5, 0.6) is 0 Å². The monoisotopic (exact) mass is 373 g/mol. The van der Waals surface area contributed by atoms with Gasteiger partial charge in [0.15, 0.2) is 5.78 Å². The molecule has 0 bridgehead atoms. The number of hydrogen-bond acceptors (Lipinski definition) is 5. The van der Waals surface area contributed by atoms with Crippen molar-refractivity contribution >= 4 is 50.6 Å². The number of ether oxygens (including phenoxy) is 1. The molecule has 0 unspecified atom stereocenters. The average Bonchev–Trinajstić information content (AvgIpc) is 2.82. The smallest absolute Gasteiger partial charge is 0.350 e. The van der Waals surface area contributed by atoms with Gasteiger partial charge in [-0.3, -0.25) is 9.59 Å². The molecule has 1 aliphatic rings. The minimum absolute atomic E-state index is 0.0382. The van der Waals surface area contributed by atoms with E-state index in [4.69, 9.17) is 4.74 Å². The van der Waals surface area contributed by atoms with Gasteiger partial charge < -0.3 is 10.1 Å². The number of Topliss-reactive ketones (excluding diaryl/α,β-unsaturated/α-hetero) is 1. The largest absolute Gasteiger partial charge is 0.462 e. The summed E-state index contributed by atoms with van der Waals surface area (Å²) in [5, 5.41) is 2.75. The number of rotatable bonds is 4. The summed E-state index contributed by atoms with van der Waals surface area (Å²) in [6.45, 7) is 3.70. The highest BCUT2D eigenvalue weighted by Crippen LogP contribution is 2.40. The Balaban J connectivity index is 2.48. The molecule has 2 rings (SSSR count). The zero-order valence-electron chi connectivity index (χ0n) is 11.8. The van der Waals surface area contributed by atoms with Gasteiger partial charge >= 0.3 is 5.97 Å². The number of hydrogen-bond donors (Lipinski definition) is 1. The predicted molar refractivity (Wildman–Crippen MR) is 84.6 cm³/mol. The maximum Gasteiger partial charge on any atom is 0.350 e. The number of alkyl halides is 1. The Bertz CT molecular complexity index is 596. The zero-order chi connectivity index (χ0) is 15.6. The van der Waals surface area contributed by atoms with Gasteiger partial charge in [0.05, 0.1) is 22.0 Å². The maximum absolute atomic E-state index is 12.2. The van der Waals surface area contributed by atoms with Gasteiger partial charge in [-0.15, -0.1) is 11.3 Å². The summed E-state index contributed by atoms with van der Waals surface area (Å²) in [5.41, 5.74) is 1.21. The molecule has 1 N–H and O–H groups in total. The van der Waals surface area contributed by atoms with Gasteiger partial charge in [-0.1, -0.05) is 22.9 Å². The van der Waals surface area contributed by atoms with Gasteiger partial charge in [0.1, 0.15) is 4.88 Å². The van der Waals surface area contributed by atoms with E-state index in [1.807, 2.05) is 0 Å². The molecule has 0 radical (unpaired) electrons. The molecule has 7 heteroatoms. The highest BCUT2D eigenvalue weighted by Gasteiger charge is 2.33. The highest BCUT2D eigenvalue weighted by atomic mass is 79.9. The third kappa shape index (κ3) is 3.18. The fraction of sp³-hybridized carbons (Fsp3) is 0.500. The molecule has 114 valence electrons. The van der Waals surface area contributed by atoms with Crippen LogP contribution in [0.2, 0.25) is 0 Å². The molecule has 0 saturated heterocycles. The van der Waals surface area contributed by atoms with Crippen LogP contribution in [0.25, 0.3) is 0 Å². The van der Waals surface area contributed by atoms with Crippen LogP contribution in [0.1, 0.15) is 51.6 Å². The van der Waals surface area contributed by atoms with Crippen molar-refractivity contribution in [3.8, 4) is 0 Å². The Morgan fingerprint density at radius 3 is 2.76 bits per heavy atom. The Kier molecular flexibility index (Phi) is 5.16. The van der Waals surface area contributed by atoms with Crippen LogP contribution < -0.4 is 5.32 Å². The van der Waals surface area contributed by atoms with Crippen molar-refractivity contribution in [3.63, 3.8) is 0 Å². The van der Waals surface area contributed by atoms with Gasteiger partial charge in [-0.2, -0.15) is 0 Å². The Morgan fingerprint density at radius 2 is 2.14 bits per heavy atom. The molecule has 1 atom stereocenters. The quantitative estimate of drug-likeness (QED) is 0.649. The van der Waals surface area contributed by atoms with Gasteiger partial charge in [0.2, 0.25) is 5.91 Å². The van der Waals surface area contributed by atoms with Crippen molar-refractivity contribution in [2.24, 2.45) is 0 Å². The first-order valence-electron chi connectivity index (χ1n) is 6.80. The lowest BCUT2D eigenvalue weighted by Crippen LogP contribution is -2.21. The third-order valence-corrected chi connectivity index (χ3v) is 5.31. The topological polar surface area (TPSA) is 72.5 Å². The van der Waals surface area contributed by atoms with Crippen LogP contribution in [0.4, 0.5) is 5.69 Å². The molecular formula is C14H16BrNO4S. The van der Waals surface area contributed by atoms with E-state index in [9.17, 15) is 14.4 Å². The molecule has 1 aliphatic carbocycles. The minimum atomic E-state index is -0.498. The number of nitrogens with one attached hydrogen (secondary N) is 1. The second kappa shape index (κ2) is 6.70. The third-order valence-electron chi connectivity index (χ3n) is 3.21. The van der Waals surface area contributed by atoms with Gasteiger partial charge in [-0.05, 0) is 25.3 Å². The van der Waals surface area contributed by atoms with Crippen molar-refractivity contribution < 1.29 is 19.1 Å². The normalized spacial score (nSPS) is 17.3. The molecular weight excluding hydrogens is 358 g/mol. The molecule has 1 aromatic rings. The number of esters is 1. The fourth-order valence-electron chi connectivity index (χ4n) is 2.15. The lowest BCUT2D eigenvalue weighted by molar-refractivity contribution is -0.115. The number of halogens is 1. The van der Waals surface area contributed by atoms with Crippen molar-refractivity contribution in [2.75, 3.05) is 11.9 Å². The predicted octanol–water partition coefficient (Wildman–Crippen LogP) is 3.17. The van der Waals surface area contributed by atoms with Crippen LogP contribution in [0.15, 0.2) is 0 Å². The lowest BCUT2D eigenvalue weighted by atomic mass is 9.96. The molecule has 0 saturated carbocycles. The first-order valence-corrected chi connectivity index (χ1v) is 8.53. The van der Waals surface area contributed by atoms with Crippen molar-refractivity contribution in [3.05, 3.63) is 15.3 Å². The Labute approximate surface area is 135 Å². The zero-order valence-corrected chi connectivity index (χ0v) is 14.2. The standard InChI is InChI=1S/C14H16BrNO4S/c1-3-9(17)16-10-7-5-6-8(15)11(18)12(7)21-13(10)14(19)20-4-2/h8H,3-6H2,1-2H3,(H,16,17)/t8-/m1/s1. The number of carbonyl (C=O) groups is 3. The summed E-state index contributed by atoms with van der Waals surface area (Å²) < 4.78 is 5.02. The number of carbonyl (C=O) groups excluding carboxylic acids is 3. The summed E-state index contributed by atoms with van der Waals surface area (Å²) in [6, 6.07) is 0. The molecule has 0 aromatic carbocycles. The van der Waals surface area contributed by atoms with E-state index in [2.05, 4.69) is 21.2 Å². The van der Waals surface area contributed by atoms with E-state index in [-0.39, 0.29) is 23.1 Å². The molecule has 1 amide bonds. The Morgan fingerprint density at radius 1 is 1.43 bits per heavy atom. The summed E-state index contributed by atoms with van der Waals surface area (Å²) in [5.74, 6) is -0.722. The minimum Gasteiger partial charge on any atom is -0.462 e. The van der Waals surface area contributed by atoms with Crippen LogP contribution in [0.3, 0.4) is 0 Å². The van der Waals surface area contributed by atoms with Crippen molar-refractivity contribution in [2.45, 2.75) is 37.9 Å². The molecule has 21 heavy (non-hydrogen) atoms. The first kappa shape index (κ1) is 16.2. The van der Waals surface area contributed by atoms with E-state index >= 15 is 0 Å². The molecule has 0 aliphatic heterocycles. The van der Waals surface area contributed by atoms with Crippen molar-refractivity contribution in [1.82, 2.24) is 0 Å². The summed E-state index contributed by atoms with van der Waals surface area (Å²) >= 11 is 4.45. The average molecular weight is 374 g/mol.